The number of nitrogens with two attached hydrogens (primary N) is 2. The fourth-order valence-corrected chi connectivity index (χ4v) is 0.916. The van der Waals surface area contributed by atoms with Crippen LogP contribution >= 0.6 is 0 Å². The van der Waals surface area contributed by atoms with Gasteiger partial charge in [0.2, 0.25) is 5.91 Å². The second-order valence-corrected chi connectivity index (χ2v) is 2.60. The zero-order valence-electron chi connectivity index (χ0n) is 7.13. The summed E-state index contributed by atoms with van der Waals surface area (Å²) in [5.41, 5.74) is 10.0. The van der Waals surface area contributed by atoms with E-state index in [2.05, 4.69) is 0 Å². The first kappa shape index (κ1) is 10.2. The van der Waals surface area contributed by atoms with Gasteiger partial charge in [0.15, 0.2) is 11.6 Å². The van der Waals surface area contributed by atoms with Crippen molar-refractivity contribution in [1.82, 2.24) is 0 Å². The Morgan fingerprint density at radius 3 is 2.57 bits per heavy atom. The van der Waals surface area contributed by atoms with Crippen LogP contribution in [-0.4, -0.2) is 5.91 Å². The number of halogens is 2. The topological polar surface area (TPSA) is 69.1 Å². The number of anilines is 1. The molecule has 0 radical (unpaired) electrons. The highest BCUT2D eigenvalue weighted by atomic mass is 19.2. The number of rotatable bonds is 2. The SMILES string of the molecule is NC(=O)C=Cc1c(N)ccc(F)c1F. The second kappa shape index (κ2) is 3.87. The molecule has 0 saturated carbocycles. The smallest absolute Gasteiger partial charge is 0.241 e. The van der Waals surface area contributed by atoms with Crippen molar-refractivity contribution < 1.29 is 13.6 Å². The molecule has 74 valence electrons. The van der Waals surface area contributed by atoms with Crippen LogP contribution in [0.25, 0.3) is 6.08 Å². The van der Waals surface area contributed by atoms with Gasteiger partial charge >= 0.3 is 0 Å². The molecule has 0 aliphatic rings. The van der Waals surface area contributed by atoms with E-state index in [0.717, 1.165) is 18.2 Å². The Morgan fingerprint density at radius 2 is 2.00 bits per heavy atom. The molecule has 0 aromatic heterocycles. The molecular formula is C9H8F2N2O. The lowest BCUT2D eigenvalue weighted by molar-refractivity contribution is -0.113. The molecule has 3 nitrogen and oxygen atoms in total. The third kappa shape index (κ3) is 2.07. The highest BCUT2D eigenvalue weighted by molar-refractivity contribution is 5.91. The molecular weight excluding hydrogens is 190 g/mol. The van der Waals surface area contributed by atoms with Crippen molar-refractivity contribution in [2.24, 2.45) is 5.73 Å². The number of amides is 1. The Morgan fingerprint density at radius 1 is 1.36 bits per heavy atom. The van der Waals surface area contributed by atoms with Gasteiger partial charge in [0.1, 0.15) is 0 Å². The lowest BCUT2D eigenvalue weighted by Gasteiger charge is -2.02. The summed E-state index contributed by atoms with van der Waals surface area (Å²) in [6, 6.07) is 2.12. The molecule has 1 rings (SSSR count). The Labute approximate surface area is 79.0 Å². The fraction of sp³-hybridized carbons (Fsp3) is 0. The minimum atomic E-state index is -1.09. The van der Waals surface area contributed by atoms with Crippen molar-refractivity contribution in [3.8, 4) is 0 Å². The average Bonchev–Trinajstić information content (AvgIpc) is 2.11. The molecule has 0 atom stereocenters. The molecule has 0 spiro atoms. The molecule has 0 aliphatic carbocycles. The van der Waals surface area contributed by atoms with Crippen molar-refractivity contribution in [1.29, 1.82) is 0 Å². The van der Waals surface area contributed by atoms with Crippen molar-refractivity contribution in [3.63, 3.8) is 0 Å². The maximum Gasteiger partial charge on any atom is 0.241 e. The third-order valence-corrected chi connectivity index (χ3v) is 1.58. The molecule has 1 aromatic rings. The highest BCUT2D eigenvalue weighted by Crippen LogP contribution is 2.19. The van der Waals surface area contributed by atoms with Crippen LogP contribution in [0.3, 0.4) is 0 Å². The van der Waals surface area contributed by atoms with E-state index in [1.807, 2.05) is 0 Å². The maximum atomic E-state index is 13.1. The Hall–Kier alpha value is -1.91. The first-order valence-corrected chi connectivity index (χ1v) is 3.73. The number of primary amides is 1. The molecule has 1 amide bonds. The van der Waals surface area contributed by atoms with Gasteiger partial charge in [0, 0.05) is 17.3 Å². The summed E-state index contributed by atoms with van der Waals surface area (Å²) < 4.78 is 25.8. The minimum Gasteiger partial charge on any atom is -0.398 e. The minimum absolute atomic E-state index is 0.0430. The summed E-state index contributed by atoms with van der Waals surface area (Å²) in [5, 5.41) is 0. The van der Waals surface area contributed by atoms with Crippen molar-refractivity contribution >= 4 is 17.7 Å². The normalized spacial score (nSPS) is 10.7. The largest absolute Gasteiger partial charge is 0.398 e. The molecule has 0 unspecified atom stereocenters. The standard InChI is InChI=1S/C9H8F2N2O/c10-6-2-3-7(12)5(9(6)11)1-4-8(13)14/h1-4H,12H2,(H2,13,14). The quantitative estimate of drug-likeness (QED) is 0.550. The maximum absolute atomic E-state index is 13.1. The van der Waals surface area contributed by atoms with Gasteiger partial charge in [-0.25, -0.2) is 8.78 Å². The van der Waals surface area contributed by atoms with Crippen LogP contribution in [0, 0.1) is 11.6 Å². The fourth-order valence-electron chi connectivity index (χ4n) is 0.916. The number of carbonyl (C=O) groups excluding carboxylic acids is 1. The van der Waals surface area contributed by atoms with Crippen LogP contribution in [0.15, 0.2) is 18.2 Å². The van der Waals surface area contributed by atoms with Crippen LogP contribution in [0.5, 0.6) is 0 Å². The molecule has 0 fully saturated rings. The Kier molecular flexibility index (Phi) is 2.81. The van der Waals surface area contributed by atoms with Gasteiger partial charge in [-0.1, -0.05) is 0 Å². The number of nitrogen functional groups attached to an aromatic ring is 1. The van der Waals surface area contributed by atoms with Gasteiger partial charge in [-0.2, -0.15) is 0 Å². The average molecular weight is 198 g/mol. The third-order valence-electron chi connectivity index (χ3n) is 1.58. The molecule has 0 aliphatic heterocycles. The van der Waals surface area contributed by atoms with Gasteiger partial charge in [0.05, 0.1) is 0 Å². The zero-order valence-corrected chi connectivity index (χ0v) is 7.13. The van der Waals surface area contributed by atoms with Crippen LogP contribution in [0.4, 0.5) is 14.5 Å². The number of hydrogen-bond acceptors (Lipinski definition) is 2. The first-order chi connectivity index (χ1) is 6.52. The summed E-state index contributed by atoms with van der Waals surface area (Å²) in [6.07, 6.45) is 1.95. The molecule has 0 bridgehead atoms. The predicted molar refractivity (Wildman–Crippen MR) is 49.0 cm³/mol. The lowest BCUT2D eigenvalue weighted by atomic mass is 10.1. The van der Waals surface area contributed by atoms with Crippen molar-refractivity contribution in [2.75, 3.05) is 5.73 Å². The van der Waals surface area contributed by atoms with Crippen LogP contribution in [0.2, 0.25) is 0 Å². The van der Waals surface area contributed by atoms with Gasteiger partial charge < -0.3 is 11.5 Å². The monoisotopic (exact) mass is 198 g/mol. The Balaban J connectivity index is 3.19. The lowest BCUT2D eigenvalue weighted by Crippen LogP contribution is -2.05. The van der Waals surface area contributed by atoms with E-state index in [1.54, 1.807) is 0 Å². The van der Waals surface area contributed by atoms with Crippen LogP contribution < -0.4 is 11.5 Å². The van der Waals surface area contributed by atoms with Crippen molar-refractivity contribution in [3.05, 3.63) is 35.4 Å². The summed E-state index contributed by atoms with van der Waals surface area (Å²) >= 11 is 0. The molecule has 1 aromatic carbocycles. The Bertz CT molecular complexity index is 402. The van der Waals surface area contributed by atoms with Gasteiger partial charge in [0.25, 0.3) is 0 Å². The van der Waals surface area contributed by atoms with Crippen LogP contribution in [-0.2, 0) is 4.79 Å². The molecule has 0 saturated heterocycles. The van der Waals surface area contributed by atoms with E-state index in [9.17, 15) is 13.6 Å². The van der Waals surface area contributed by atoms with E-state index >= 15 is 0 Å². The van der Waals surface area contributed by atoms with E-state index in [1.165, 1.54) is 6.07 Å². The van der Waals surface area contributed by atoms with E-state index < -0.39 is 17.5 Å². The summed E-state index contributed by atoms with van der Waals surface area (Å²) in [4.78, 5) is 10.4. The van der Waals surface area contributed by atoms with E-state index in [-0.39, 0.29) is 11.3 Å². The van der Waals surface area contributed by atoms with Crippen LogP contribution in [0.1, 0.15) is 5.56 Å². The number of carbonyl (C=O) groups is 1. The molecule has 5 heteroatoms. The van der Waals surface area contributed by atoms with Gasteiger partial charge in [-0.05, 0) is 18.2 Å². The summed E-state index contributed by atoms with van der Waals surface area (Å²) in [7, 11) is 0. The molecule has 4 N–H and O–H groups in total. The van der Waals surface area contributed by atoms with E-state index in [0.29, 0.717) is 0 Å². The van der Waals surface area contributed by atoms with Gasteiger partial charge in [-0.3, -0.25) is 4.79 Å². The van der Waals surface area contributed by atoms with E-state index in [4.69, 9.17) is 11.5 Å². The number of hydrogen-bond donors (Lipinski definition) is 2. The van der Waals surface area contributed by atoms with Crippen molar-refractivity contribution in [2.45, 2.75) is 0 Å². The molecule has 14 heavy (non-hydrogen) atoms. The predicted octanol–water partition coefficient (Wildman–Crippen LogP) is 1.05. The number of benzene rings is 1. The molecule has 0 heterocycles. The highest BCUT2D eigenvalue weighted by Gasteiger charge is 2.08. The van der Waals surface area contributed by atoms with Gasteiger partial charge in [-0.15, -0.1) is 0 Å². The summed E-state index contributed by atoms with van der Waals surface area (Å²) in [5.74, 6) is -2.88. The first-order valence-electron chi connectivity index (χ1n) is 3.73. The second-order valence-electron chi connectivity index (χ2n) is 2.60. The zero-order chi connectivity index (χ0) is 10.7. The summed E-state index contributed by atoms with van der Waals surface area (Å²) in [6.45, 7) is 0.